The maximum atomic E-state index is 12.4. The van der Waals surface area contributed by atoms with E-state index in [9.17, 15) is 9.59 Å². The highest BCUT2D eigenvalue weighted by Crippen LogP contribution is 2.34. The third-order valence-electron chi connectivity index (χ3n) is 4.02. The van der Waals surface area contributed by atoms with Gasteiger partial charge in [0.15, 0.2) is 6.10 Å². The summed E-state index contributed by atoms with van der Waals surface area (Å²) in [6.45, 7) is 2.36. The molecule has 2 aromatic carbocycles. The summed E-state index contributed by atoms with van der Waals surface area (Å²) in [5, 5.41) is 0. The van der Waals surface area contributed by atoms with Crippen molar-refractivity contribution in [2.75, 3.05) is 11.4 Å². The largest absolute Gasteiger partial charge is 0.479 e. The molecule has 118 valence electrons. The molecule has 0 saturated carbocycles. The van der Waals surface area contributed by atoms with E-state index in [0.29, 0.717) is 23.5 Å². The van der Waals surface area contributed by atoms with Gasteiger partial charge in [0.2, 0.25) is 0 Å². The van der Waals surface area contributed by atoms with Gasteiger partial charge in [0.05, 0.1) is 5.69 Å². The molecule has 0 N–H and O–H groups in total. The van der Waals surface area contributed by atoms with Gasteiger partial charge in [-0.05, 0) is 43.5 Å². The zero-order chi connectivity index (χ0) is 16.2. The monoisotopic (exact) mass is 309 g/mol. The van der Waals surface area contributed by atoms with Gasteiger partial charge < -0.3 is 9.64 Å². The predicted molar refractivity (Wildman–Crippen MR) is 89.0 cm³/mol. The highest BCUT2D eigenvalue weighted by molar-refractivity contribution is 6.00. The summed E-state index contributed by atoms with van der Waals surface area (Å²) in [5.74, 6) is 0.594. The smallest absolute Gasteiger partial charge is 0.267 e. The van der Waals surface area contributed by atoms with Crippen molar-refractivity contribution in [1.82, 2.24) is 0 Å². The number of anilines is 1. The summed E-state index contributed by atoms with van der Waals surface area (Å²) in [6, 6.07) is 15.4. The van der Waals surface area contributed by atoms with Crippen molar-refractivity contribution in [2.24, 2.45) is 0 Å². The minimum absolute atomic E-state index is 0.0615. The SMILES string of the molecule is CC1Oc2ccc(C=O)cc2N(CCCc2ccccc2)C1=O. The van der Waals surface area contributed by atoms with E-state index in [-0.39, 0.29) is 5.91 Å². The molecule has 0 bridgehead atoms. The lowest BCUT2D eigenvalue weighted by molar-refractivity contribution is -0.125. The first-order chi connectivity index (χ1) is 11.2. The fourth-order valence-corrected chi connectivity index (χ4v) is 2.81. The van der Waals surface area contributed by atoms with Crippen LogP contribution in [0.25, 0.3) is 0 Å². The van der Waals surface area contributed by atoms with Gasteiger partial charge in [0.25, 0.3) is 5.91 Å². The second kappa shape index (κ2) is 6.65. The topological polar surface area (TPSA) is 46.6 Å². The van der Waals surface area contributed by atoms with Crippen molar-refractivity contribution in [3.63, 3.8) is 0 Å². The first-order valence-electron chi connectivity index (χ1n) is 7.80. The number of aryl methyl sites for hydroxylation is 1. The Hall–Kier alpha value is -2.62. The Balaban J connectivity index is 1.77. The fraction of sp³-hybridized carbons (Fsp3) is 0.263. The molecule has 0 spiro atoms. The lowest BCUT2D eigenvalue weighted by atomic mass is 10.1. The summed E-state index contributed by atoms with van der Waals surface area (Å²) in [7, 11) is 0. The third-order valence-corrected chi connectivity index (χ3v) is 4.02. The molecule has 0 aromatic heterocycles. The zero-order valence-corrected chi connectivity index (χ0v) is 13.1. The van der Waals surface area contributed by atoms with E-state index in [1.165, 1.54) is 5.56 Å². The van der Waals surface area contributed by atoms with Crippen LogP contribution in [0.4, 0.5) is 5.69 Å². The fourth-order valence-electron chi connectivity index (χ4n) is 2.81. The van der Waals surface area contributed by atoms with Gasteiger partial charge in [-0.15, -0.1) is 0 Å². The Kier molecular flexibility index (Phi) is 4.42. The number of aldehydes is 1. The molecule has 1 unspecified atom stereocenters. The van der Waals surface area contributed by atoms with Crippen molar-refractivity contribution in [3.05, 3.63) is 59.7 Å². The van der Waals surface area contributed by atoms with Gasteiger partial charge in [-0.1, -0.05) is 30.3 Å². The van der Waals surface area contributed by atoms with E-state index in [2.05, 4.69) is 12.1 Å². The number of carbonyl (C=O) groups excluding carboxylic acids is 2. The molecule has 23 heavy (non-hydrogen) atoms. The number of nitrogens with zero attached hydrogens (tertiary/aromatic N) is 1. The average molecular weight is 309 g/mol. The highest BCUT2D eigenvalue weighted by atomic mass is 16.5. The number of hydrogen-bond acceptors (Lipinski definition) is 3. The molecule has 1 amide bonds. The van der Waals surface area contributed by atoms with Crippen LogP contribution >= 0.6 is 0 Å². The van der Waals surface area contributed by atoms with Crippen LogP contribution in [0.1, 0.15) is 29.3 Å². The van der Waals surface area contributed by atoms with Crippen LogP contribution in [0.2, 0.25) is 0 Å². The Labute approximate surface area is 135 Å². The van der Waals surface area contributed by atoms with Crippen molar-refractivity contribution >= 4 is 17.9 Å². The summed E-state index contributed by atoms with van der Waals surface area (Å²) >= 11 is 0. The lowest BCUT2D eigenvalue weighted by Gasteiger charge is -2.33. The van der Waals surface area contributed by atoms with Crippen LogP contribution in [-0.4, -0.2) is 24.8 Å². The standard InChI is InChI=1S/C19H19NO3/c1-14-19(22)20(11-5-8-15-6-3-2-4-7-15)17-12-16(13-21)9-10-18(17)23-14/h2-4,6-7,9-10,12-14H,5,8,11H2,1H3. The molecule has 4 nitrogen and oxygen atoms in total. The van der Waals surface area contributed by atoms with Crippen molar-refractivity contribution in [1.29, 1.82) is 0 Å². The molecule has 1 atom stereocenters. The minimum atomic E-state index is -0.499. The van der Waals surface area contributed by atoms with E-state index in [4.69, 9.17) is 4.74 Å². The molecule has 0 aliphatic carbocycles. The number of ether oxygens (including phenoxy) is 1. The molecular weight excluding hydrogens is 290 g/mol. The van der Waals surface area contributed by atoms with E-state index >= 15 is 0 Å². The maximum absolute atomic E-state index is 12.4. The van der Waals surface area contributed by atoms with Crippen molar-refractivity contribution in [2.45, 2.75) is 25.9 Å². The number of rotatable bonds is 5. The number of hydrogen-bond donors (Lipinski definition) is 0. The molecule has 4 heteroatoms. The predicted octanol–water partition coefficient (Wildman–Crippen LogP) is 3.25. The highest BCUT2D eigenvalue weighted by Gasteiger charge is 2.31. The number of carbonyl (C=O) groups is 2. The molecule has 2 aromatic rings. The summed E-state index contributed by atoms with van der Waals surface area (Å²) < 4.78 is 5.63. The number of fused-ring (bicyclic) bond motifs is 1. The average Bonchev–Trinajstić information content (AvgIpc) is 2.59. The molecule has 0 radical (unpaired) electrons. The van der Waals surface area contributed by atoms with Crippen molar-refractivity contribution < 1.29 is 14.3 Å². The van der Waals surface area contributed by atoms with E-state index in [1.54, 1.807) is 30.0 Å². The number of benzene rings is 2. The molecule has 1 heterocycles. The Morgan fingerprint density at radius 3 is 2.70 bits per heavy atom. The summed E-state index contributed by atoms with van der Waals surface area (Å²) in [5.41, 5.74) is 2.48. The van der Waals surface area contributed by atoms with E-state index < -0.39 is 6.10 Å². The van der Waals surface area contributed by atoms with Crippen LogP contribution < -0.4 is 9.64 Å². The number of amides is 1. The zero-order valence-electron chi connectivity index (χ0n) is 13.1. The van der Waals surface area contributed by atoms with E-state index in [0.717, 1.165) is 19.1 Å². The molecule has 1 aliphatic rings. The van der Waals surface area contributed by atoms with Gasteiger partial charge in [0.1, 0.15) is 12.0 Å². The van der Waals surface area contributed by atoms with Gasteiger partial charge >= 0.3 is 0 Å². The molecule has 0 saturated heterocycles. The van der Waals surface area contributed by atoms with Crippen molar-refractivity contribution in [3.8, 4) is 5.75 Å². The van der Waals surface area contributed by atoms with Crippen LogP contribution in [0.15, 0.2) is 48.5 Å². The van der Waals surface area contributed by atoms with Gasteiger partial charge in [-0.25, -0.2) is 0 Å². The second-order valence-electron chi connectivity index (χ2n) is 5.68. The van der Waals surface area contributed by atoms with Crippen LogP contribution in [0.3, 0.4) is 0 Å². The van der Waals surface area contributed by atoms with Gasteiger partial charge in [-0.3, -0.25) is 9.59 Å². The van der Waals surface area contributed by atoms with E-state index in [1.807, 2.05) is 18.2 Å². The minimum Gasteiger partial charge on any atom is -0.479 e. The van der Waals surface area contributed by atoms with Gasteiger partial charge in [-0.2, -0.15) is 0 Å². The Bertz CT molecular complexity index is 712. The Morgan fingerprint density at radius 1 is 1.17 bits per heavy atom. The van der Waals surface area contributed by atoms with Crippen LogP contribution in [0.5, 0.6) is 5.75 Å². The third kappa shape index (κ3) is 3.26. The molecule has 1 aliphatic heterocycles. The summed E-state index contributed by atoms with van der Waals surface area (Å²) in [4.78, 5) is 25.2. The normalized spacial score (nSPS) is 16.7. The first kappa shape index (κ1) is 15.3. The molecule has 3 rings (SSSR count). The molecular formula is C19H19NO3. The molecule has 0 fully saturated rings. The van der Waals surface area contributed by atoms with Crippen LogP contribution in [0, 0.1) is 0 Å². The lowest BCUT2D eigenvalue weighted by Crippen LogP contribution is -2.45. The Morgan fingerprint density at radius 2 is 1.96 bits per heavy atom. The second-order valence-corrected chi connectivity index (χ2v) is 5.68. The van der Waals surface area contributed by atoms with Gasteiger partial charge in [0, 0.05) is 12.1 Å². The quantitative estimate of drug-likeness (QED) is 0.797. The van der Waals surface area contributed by atoms with Crippen LogP contribution in [-0.2, 0) is 11.2 Å². The maximum Gasteiger partial charge on any atom is 0.267 e. The summed E-state index contributed by atoms with van der Waals surface area (Å²) in [6.07, 6.45) is 2.04. The first-order valence-corrected chi connectivity index (χ1v) is 7.80.